The quantitative estimate of drug-likeness (QED) is 0.617. The second-order valence-corrected chi connectivity index (χ2v) is 5.98. The lowest BCUT2D eigenvalue weighted by Crippen LogP contribution is -1.93. The van der Waals surface area contributed by atoms with Crippen molar-refractivity contribution in [3.05, 3.63) is 76.9 Å². The molecule has 2 aromatic carbocycles. The molecule has 114 valence electrons. The van der Waals surface area contributed by atoms with Crippen molar-refractivity contribution in [1.29, 1.82) is 0 Å². The summed E-state index contributed by atoms with van der Waals surface area (Å²) in [4.78, 5) is 11.5. The number of carbonyl (C=O) groups excluding carboxylic acids is 1. The van der Waals surface area contributed by atoms with Crippen molar-refractivity contribution in [2.24, 2.45) is 0 Å². The molecule has 0 aliphatic carbocycles. The van der Waals surface area contributed by atoms with Crippen LogP contribution in [0.15, 0.2) is 71.3 Å². The Hall–Kier alpha value is -2.46. The fraction of sp³-hybridized carbons (Fsp3) is 0.0526. The zero-order chi connectivity index (χ0) is 16.2. The van der Waals surface area contributed by atoms with Crippen molar-refractivity contribution >= 4 is 27.8 Å². The van der Waals surface area contributed by atoms with Gasteiger partial charge >= 0.3 is 0 Å². The molecule has 3 aromatic rings. The summed E-state index contributed by atoms with van der Waals surface area (Å²) in [6, 6.07) is 19.9. The van der Waals surface area contributed by atoms with Crippen LogP contribution in [0, 0.1) is 0 Å². The Labute approximate surface area is 143 Å². The lowest BCUT2D eigenvalue weighted by atomic mass is 10.1. The van der Waals surface area contributed by atoms with Gasteiger partial charge < -0.3 is 0 Å². The molecule has 0 spiro atoms. The number of hydrogen-bond donors (Lipinski definition) is 0. The molecule has 0 saturated carbocycles. The fourth-order valence-electron chi connectivity index (χ4n) is 2.26. The summed E-state index contributed by atoms with van der Waals surface area (Å²) < 4.78 is 2.36. The van der Waals surface area contributed by atoms with Gasteiger partial charge in [0.25, 0.3) is 0 Å². The van der Waals surface area contributed by atoms with Gasteiger partial charge in [0.2, 0.25) is 0 Å². The summed E-state index contributed by atoms with van der Waals surface area (Å²) in [6.45, 7) is 1.53. The molecule has 23 heavy (non-hydrogen) atoms. The van der Waals surface area contributed by atoms with Crippen LogP contribution in [0.1, 0.15) is 12.5 Å². The Morgan fingerprint density at radius 3 is 2.26 bits per heavy atom. The first-order valence-corrected chi connectivity index (χ1v) is 8.03. The van der Waals surface area contributed by atoms with E-state index < -0.39 is 0 Å². The minimum absolute atomic E-state index is 0.0172. The van der Waals surface area contributed by atoms with Crippen molar-refractivity contribution < 1.29 is 4.79 Å². The minimum Gasteiger partial charge on any atom is -0.294 e. The van der Waals surface area contributed by atoms with Crippen LogP contribution >= 0.6 is 15.9 Å². The largest absolute Gasteiger partial charge is 0.294 e. The molecule has 0 bridgehead atoms. The van der Waals surface area contributed by atoms with Crippen molar-refractivity contribution in [1.82, 2.24) is 9.78 Å². The Balaban J connectivity index is 2.15. The Bertz CT molecular complexity index is 852. The normalized spacial score (nSPS) is 11.5. The van der Waals surface area contributed by atoms with Crippen molar-refractivity contribution in [2.75, 3.05) is 0 Å². The van der Waals surface area contributed by atoms with E-state index in [1.165, 1.54) is 6.92 Å². The van der Waals surface area contributed by atoms with Gasteiger partial charge in [-0.2, -0.15) is 5.10 Å². The molecule has 1 aromatic heterocycles. The summed E-state index contributed by atoms with van der Waals surface area (Å²) >= 11 is 3.33. The molecule has 3 nitrogen and oxygen atoms in total. The van der Waals surface area contributed by atoms with Crippen LogP contribution in [0.2, 0.25) is 0 Å². The maximum atomic E-state index is 11.5. The highest BCUT2D eigenvalue weighted by Crippen LogP contribution is 2.26. The van der Waals surface area contributed by atoms with Gasteiger partial charge in [-0.15, -0.1) is 0 Å². The summed E-state index contributed by atoms with van der Waals surface area (Å²) in [5, 5.41) is 4.70. The van der Waals surface area contributed by atoms with E-state index >= 15 is 0 Å². The molecule has 4 heteroatoms. The van der Waals surface area contributed by atoms with Gasteiger partial charge in [-0.05, 0) is 41.1 Å². The van der Waals surface area contributed by atoms with E-state index in [1.54, 1.807) is 0 Å². The number of halogens is 1. The first kappa shape index (κ1) is 15.4. The second kappa shape index (κ2) is 6.75. The highest BCUT2D eigenvalue weighted by molar-refractivity contribution is 9.12. The van der Waals surface area contributed by atoms with E-state index in [0.717, 1.165) is 22.5 Å². The average molecular weight is 367 g/mol. The molecular weight excluding hydrogens is 352 g/mol. The molecule has 0 saturated heterocycles. The second-order valence-electron chi connectivity index (χ2n) is 5.13. The van der Waals surface area contributed by atoms with Crippen LogP contribution in [-0.4, -0.2) is 15.6 Å². The summed E-state index contributed by atoms with van der Waals surface area (Å²) in [5.74, 6) is -0.0172. The first-order chi connectivity index (χ1) is 11.1. The number of allylic oxidation sites excluding steroid dienone is 1. The number of ketones is 1. The molecule has 0 atom stereocenters. The highest BCUT2D eigenvalue weighted by atomic mass is 79.9. The number of benzene rings is 2. The lowest BCUT2D eigenvalue weighted by Gasteiger charge is -2.00. The number of nitrogens with zero attached hydrogens (tertiary/aromatic N) is 2. The highest BCUT2D eigenvalue weighted by Gasteiger charge is 2.12. The summed E-state index contributed by atoms with van der Waals surface area (Å²) in [6.07, 6.45) is 3.75. The third kappa shape index (κ3) is 3.48. The van der Waals surface area contributed by atoms with Crippen molar-refractivity contribution in [3.63, 3.8) is 0 Å². The van der Waals surface area contributed by atoms with E-state index in [1.807, 2.05) is 77.6 Å². The molecule has 0 fully saturated rings. The van der Waals surface area contributed by atoms with Crippen LogP contribution in [0.3, 0.4) is 0 Å². The van der Waals surface area contributed by atoms with Crippen LogP contribution in [-0.2, 0) is 4.79 Å². The third-order valence-corrected chi connectivity index (χ3v) is 4.22. The van der Waals surface area contributed by atoms with Crippen molar-refractivity contribution in [2.45, 2.75) is 6.92 Å². The molecule has 0 aliphatic heterocycles. The molecule has 0 unspecified atom stereocenters. The smallest absolute Gasteiger partial charge is 0.166 e. The predicted molar refractivity (Wildman–Crippen MR) is 96.6 cm³/mol. The molecule has 0 N–H and O–H groups in total. The number of Topliss-reactive ketones (excluding diaryl/α,β-unsaturated/α-hetero) is 1. The number of hydrogen-bond acceptors (Lipinski definition) is 2. The number of carbonyl (C=O) groups is 1. The standard InChI is InChI=1S/C19H15BrN2O/c1-14(23)18(20)12-16-13-22(17-10-6-3-7-11-17)21-19(16)15-8-4-2-5-9-15/h2-13H,1H3/b18-12-. The van der Waals surface area contributed by atoms with E-state index in [-0.39, 0.29) is 5.78 Å². The van der Waals surface area contributed by atoms with Crippen LogP contribution < -0.4 is 0 Å². The number of aromatic nitrogens is 2. The fourth-order valence-corrected chi connectivity index (χ4v) is 2.51. The van der Waals surface area contributed by atoms with Crippen molar-refractivity contribution in [3.8, 4) is 16.9 Å². The molecule has 1 heterocycles. The molecule has 0 amide bonds. The van der Waals surface area contributed by atoms with E-state index in [4.69, 9.17) is 5.10 Å². The van der Waals surface area contributed by atoms with Gasteiger partial charge in [0.1, 0.15) is 0 Å². The Kier molecular flexibility index (Phi) is 4.53. The summed E-state index contributed by atoms with van der Waals surface area (Å²) in [7, 11) is 0. The number of rotatable bonds is 4. The predicted octanol–water partition coefficient (Wildman–Crippen LogP) is 4.86. The monoisotopic (exact) mass is 366 g/mol. The molecular formula is C19H15BrN2O. The van der Waals surface area contributed by atoms with E-state index in [0.29, 0.717) is 4.48 Å². The summed E-state index contributed by atoms with van der Waals surface area (Å²) in [5.41, 5.74) is 3.72. The van der Waals surface area contributed by atoms with Crippen LogP contribution in [0.4, 0.5) is 0 Å². The first-order valence-electron chi connectivity index (χ1n) is 7.24. The van der Waals surface area contributed by atoms with Crippen LogP contribution in [0.5, 0.6) is 0 Å². The van der Waals surface area contributed by atoms with Crippen LogP contribution in [0.25, 0.3) is 23.0 Å². The minimum atomic E-state index is -0.0172. The molecule has 0 aliphatic rings. The van der Waals surface area contributed by atoms with Gasteiger partial charge in [0, 0.05) is 17.3 Å². The van der Waals surface area contributed by atoms with Gasteiger partial charge in [-0.25, -0.2) is 4.68 Å². The zero-order valence-electron chi connectivity index (χ0n) is 12.6. The zero-order valence-corrected chi connectivity index (χ0v) is 14.2. The van der Waals surface area contributed by atoms with Gasteiger partial charge in [0.15, 0.2) is 5.78 Å². The average Bonchev–Trinajstić information content (AvgIpc) is 3.00. The van der Waals surface area contributed by atoms with Gasteiger partial charge in [-0.1, -0.05) is 48.5 Å². The topological polar surface area (TPSA) is 34.9 Å². The Morgan fingerprint density at radius 2 is 1.65 bits per heavy atom. The lowest BCUT2D eigenvalue weighted by molar-refractivity contribution is -0.112. The SMILES string of the molecule is CC(=O)/C(Br)=C/c1cn(-c2ccccc2)nc1-c1ccccc1. The van der Waals surface area contributed by atoms with Gasteiger partial charge in [0.05, 0.1) is 15.9 Å². The Morgan fingerprint density at radius 1 is 1.04 bits per heavy atom. The maximum Gasteiger partial charge on any atom is 0.166 e. The number of para-hydroxylation sites is 1. The van der Waals surface area contributed by atoms with E-state index in [9.17, 15) is 4.79 Å². The maximum absolute atomic E-state index is 11.5. The van der Waals surface area contributed by atoms with Gasteiger partial charge in [-0.3, -0.25) is 4.79 Å². The molecule has 0 radical (unpaired) electrons. The molecule has 3 rings (SSSR count). The third-order valence-electron chi connectivity index (χ3n) is 3.43. The van der Waals surface area contributed by atoms with E-state index in [2.05, 4.69) is 15.9 Å².